The Morgan fingerprint density at radius 1 is 1.00 bits per heavy atom. The third kappa shape index (κ3) is 4.13. The van der Waals surface area contributed by atoms with Crippen LogP contribution in [0.1, 0.15) is 18.1 Å². The molecule has 0 saturated heterocycles. The van der Waals surface area contributed by atoms with Crippen molar-refractivity contribution in [3.05, 3.63) is 53.6 Å². The van der Waals surface area contributed by atoms with Crippen LogP contribution < -0.4 is 19.9 Å². The SMILES string of the molecule is CCOc1cccc(OCc2ccc(CN)c(OC)c2)c1. The lowest BCUT2D eigenvalue weighted by Crippen LogP contribution is -2.02. The van der Waals surface area contributed by atoms with Crippen LogP contribution in [0.5, 0.6) is 17.2 Å². The molecular formula is C17H21NO3. The van der Waals surface area contributed by atoms with Crippen LogP contribution in [0.4, 0.5) is 0 Å². The molecule has 0 bridgehead atoms. The summed E-state index contributed by atoms with van der Waals surface area (Å²) in [6, 6.07) is 13.5. The van der Waals surface area contributed by atoms with Crippen LogP contribution in [0.25, 0.3) is 0 Å². The fourth-order valence-electron chi connectivity index (χ4n) is 2.03. The smallest absolute Gasteiger partial charge is 0.123 e. The first kappa shape index (κ1) is 15.2. The second kappa shape index (κ2) is 7.55. The lowest BCUT2D eigenvalue weighted by atomic mass is 10.1. The van der Waals surface area contributed by atoms with E-state index in [9.17, 15) is 0 Å². The van der Waals surface area contributed by atoms with E-state index < -0.39 is 0 Å². The average Bonchev–Trinajstić information content (AvgIpc) is 2.53. The molecular weight excluding hydrogens is 266 g/mol. The van der Waals surface area contributed by atoms with Crippen LogP contribution in [0.2, 0.25) is 0 Å². The number of hydrogen-bond donors (Lipinski definition) is 1. The van der Waals surface area contributed by atoms with Gasteiger partial charge in [-0.25, -0.2) is 0 Å². The Kier molecular flexibility index (Phi) is 5.46. The second-order valence-electron chi connectivity index (χ2n) is 4.55. The molecule has 112 valence electrons. The number of hydrogen-bond acceptors (Lipinski definition) is 4. The molecule has 0 aromatic heterocycles. The van der Waals surface area contributed by atoms with Crippen LogP contribution in [0.3, 0.4) is 0 Å². The van der Waals surface area contributed by atoms with Crippen molar-refractivity contribution in [2.45, 2.75) is 20.1 Å². The average molecular weight is 287 g/mol. The van der Waals surface area contributed by atoms with E-state index in [0.29, 0.717) is 19.8 Å². The van der Waals surface area contributed by atoms with Crippen molar-refractivity contribution >= 4 is 0 Å². The summed E-state index contributed by atoms with van der Waals surface area (Å²) in [7, 11) is 1.64. The van der Waals surface area contributed by atoms with E-state index in [2.05, 4.69) is 0 Å². The third-order valence-electron chi connectivity index (χ3n) is 3.09. The Balaban J connectivity index is 2.04. The van der Waals surface area contributed by atoms with Gasteiger partial charge in [-0.15, -0.1) is 0 Å². The minimum atomic E-state index is 0.459. The third-order valence-corrected chi connectivity index (χ3v) is 3.09. The summed E-state index contributed by atoms with van der Waals surface area (Å²) in [5.41, 5.74) is 7.68. The molecule has 0 unspecified atom stereocenters. The van der Waals surface area contributed by atoms with Gasteiger partial charge in [0.05, 0.1) is 13.7 Å². The topological polar surface area (TPSA) is 53.7 Å². The molecule has 2 N–H and O–H groups in total. The molecule has 0 saturated carbocycles. The molecule has 0 aliphatic heterocycles. The van der Waals surface area contributed by atoms with Gasteiger partial charge in [0, 0.05) is 18.2 Å². The number of ether oxygens (including phenoxy) is 3. The molecule has 2 aromatic rings. The zero-order chi connectivity index (χ0) is 15.1. The maximum Gasteiger partial charge on any atom is 0.123 e. The van der Waals surface area contributed by atoms with Gasteiger partial charge in [-0.05, 0) is 30.7 Å². The Bertz CT molecular complexity index is 584. The van der Waals surface area contributed by atoms with Crippen molar-refractivity contribution in [1.82, 2.24) is 0 Å². The summed E-state index contributed by atoms with van der Waals surface area (Å²) in [6.45, 7) is 3.53. The molecule has 21 heavy (non-hydrogen) atoms. The van der Waals surface area contributed by atoms with Gasteiger partial charge in [0.1, 0.15) is 23.9 Å². The molecule has 4 nitrogen and oxygen atoms in total. The van der Waals surface area contributed by atoms with Crippen LogP contribution in [0.15, 0.2) is 42.5 Å². The first-order chi connectivity index (χ1) is 10.3. The summed E-state index contributed by atoms with van der Waals surface area (Å²) in [6.07, 6.45) is 0. The number of nitrogens with two attached hydrogens (primary N) is 1. The largest absolute Gasteiger partial charge is 0.496 e. The van der Waals surface area contributed by atoms with Crippen molar-refractivity contribution in [3.8, 4) is 17.2 Å². The Labute approximate surface area is 125 Å². The standard InChI is InChI=1S/C17H21NO3/c1-3-20-15-5-4-6-16(10-15)21-12-13-7-8-14(11-18)17(9-13)19-2/h4-10H,3,11-12,18H2,1-2H3. The van der Waals surface area contributed by atoms with Gasteiger partial charge in [0.2, 0.25) is 0 Å². The zero-order valence-electron chi connectivity index (χ0n) is 12.5. The van der Waals surface area contributed by atoms with Crippen LogP contribution in [0, 0.1) is 0 Å². The van der Waals surface area contributed by atoms with E-state index in [1.807, 2.05) is 49.4 Å². The summed E-state index contributed by atoms with van der Waals surface area (Å²) < 4.78 is 16.6. The molecule has 2 aromatic carbocycles. The quantitative estimate of drug-likeness (QED) is 0.850. The minimum absolute atomic E-state index is 0.459. The second-order valence-corrected chi connectivity index (χ2v) is 4.55. The summed E-state index contributed by atoms with van der Waals surface area (Å²) >= 11 is 0. The van der Waals surface area contributed by atoms with Crippen molar-refractivity contribution in [3.63, 3.8) is 0 Å². The van der Waals surface area contributed by atoms with E-state index >= 15 is 0 Å². The summed E-state index contributed by atoms with van der Waals surface area (Å²) in [4.78, 5) is 0. The van der Waals surface area contributed by atoms with Crippen molar-refractivity contribution < 1.29 is 14.2 Å². The van der Waals surface area contributed by atoms with Gasteiger partial charge in [-0.3, -0.25) is 0 Å². The molecule has 0 aliphatic rings. The maximum atomic E-state index is 5.79. The fraction of sp³-hybridized carbons (Fsp3) is 0.294. The van der Waals surface area contributed by atoms with E-state index in [1.165, 1.54) is 0 Å². The highest BCUT2D eigenvalue weighted by Crippen LogP contribution is 2.23. The molecule has 2 rings (SSSR count). The van der Waals surface area contributed by atoms with Crippen molar-refractivity contribution in [2.75, 3.05) is 13.7 Å². The number of methoxy groups -OCH3 is 1. The molecule has 0 radical (unpaired) electrons. The van der Waals surface area contributed by atoms with E-state index in [-0.39, 0.29) is 0 Å². The highest BCUT2D eigenvalue weighted by atomic mass is 16.5. The first-order valence-corrected chi connectivity index (χ1v) is 6.98. The summed E-state index contributed by atoms with van der Waals surface area (Å²) in [5, 5.41) is 0. The molecule has 4 heteroatoms. The molecule has 0 atom stereocenters. The maximum absolute atomic E-state index is 5.79. The minimum Gasteiger partial charge on any atom is -0.496 e. The van der Waals surface area contributed by atoms with Gasteiger partial charge in [0.15, 0.2) is 0 Å². The monoisotopic (exact) mass is 287 g/mol. The predicted octanol–water partition coefficient (Wildman–Crippen LogP) is 3.13. The van der Waals surface area contributed by atoms with Gasteiger partial charge >= 0.3 is 0 Å². The van der Waals surface area contributed by atoms with Gasteiger partial charge < -0.3 is 19.9 Å². The summed E-state index contributed by atoms with van der Waals surface area (Å²) in [5.74, 6) is 2.38. The van der Waals surface area contributed by atoms with Gasteiger partial charge in [-0.1, -0.05) is 18.2 Å². The van der Waals surface area contributed by atoms with E-state index in [0.717, 1.165) is 28.4 Å². The normalized spacial score (nSPS) is 10.2. The fourth-order valence-corrected chi connectivity index (χ4v) is 2.03. The molecule has 0 fully saturated rings. The lowest BCUT2D eigenvalue weighted by Gasteiger charge is -2.11. The van der Waals surface area contributed by atoms with E-state index in [4.69, 9.17) is 19.9 Å². The lowest BCUT2D eigenvalue weighted by molar-refractivity contribution is 0.298. The molecule has 0 aliphatic carbocycles. The Morgan fingerprint density at radius 3 is 2.43 bits per heavy atom. The van der Waals surface area contributed by atoms with Crippen LogP contribution >= 0.6 is 0 Å². The van der Waals surface area contributed by atoms with Crippen molar-refractivity contribution in [1.29, 1.82) is 0 Å². The molecule has 0 amide bonds. The van der Waals surface area contributed by atoms with Gasteiger partial charge in [-0.2, -0.15) is 0 Å². The predicted molar refractivity (Wildman–Crippen MR) is 82.8 cm³/mol. The highest BCUT2D eigenvalue weighted by Gasteiger charge is 2.04. The first-order valence-electron chi connectivity index (χ1n) is 6.98. The Morgan fingerprint density at radius 2 is 1.76 bits per heavy atom. The van der Waals surface area contributed by atoms with Crippen LogP contribution in [-0.4, -0.2) is 13.7 Å². The molecule has 0 heterocycles. The Hall–Kier alpha value is -2.20. The van der Waals surface area contributed by atoms with Crippen LogP contribution in [-0.2, 0) is 13.2 Å². The number of benzene rings is 2. The number of rotatable bonds is 7. The van der Waals surface area contributed by atoms with Gasteiger partial charge in [0.25, 0.3) is 0 Å². The molecule has 0 spiro atoms. The zero-order valence-corrected chi connectivity index (χ0v) is 12.5. The highest BCUT2D eigenvalue weighted by molar-refractivity contribution is 5.38. The van der Waals surface area contributed by atoms with Crippen molar-refractivity contribution in [2.24, 2.45) is 5.73 Å². The van der Waals surface area contributed by atoms with E-state index in [1.54, 1.807) is 7.11 Å².